The largest absolute Gasteiger partial charge is 0.309 e. The number of nitrogens with zero attached hydrogens (tertiary/aromatic N) is 1. The number of amides is 1. The van der Waals surface area contributed by atoms with Gasteiger partial charge in [0, 0.05) is 23.0 Å². The maximum Gasteiger partial charge on any atom is 0.227 e. The molecule has 1 aromatic carbocycles. The maximum absolute atomic E-state index is 12.0. The second kappa shape index (κ2) is 3.74. The van der Waals surface area contributed by atoms with Crippen LogP contribution in [0.2, 0.25) is 0 Å². The van der Waals surface area contributed by atoms with Gasteiger partial charge in [-0.25, -0.2) is 0 Å². The number of rotatable bonds is 0. The molecule has 0 bridgehead atoms. The van der Waals surface area contributed by atoms with E-state index in [9.17, 15) is 4.79 Å². The zero-order valence-corrected chi connectivity index (χ0v) is 10.7. The number of halogens is 1. The summed E-state index contributed by atoms with van der Waals surface area (Å²) in [4.78, 5) is 13.8. The monoisotopic (exact) mass is 249 g/mol. The molecule has 1 saturated heterocycles. The molecule has 0 aliphatic carbocycles. The van der Waals surface area contributed by atoms with Crippen LogP contribution in [-0.4, -0.2) is 16.8 Å². The van der Waals surface area contributed by atoms with Gasteiger partial charge in [0.15, 0.2) is 0 Å². The molecule has 0 N–H and O–H groups in total. The van der Waals surface area contributed by atoms with Gasteiger partial charge >= 0.3 is 0 Å². The third-order valence-electron chi connectivity index (χ3n) is 3.80. The molecule has 1 amide bonds. The van der Waals surface area contributed by atoms with E-state index in [1.807, 2.05) is 23.1 Å². The van der Waals surface area contributed by atoms with Crippen LogP contribution in [-0.2, 0) is 11.2 Å². The molecule has 0 saturated carbocycles. The Morgan fingerprint density at radius 3 is 3.00 bits per heavy atom. The van der Waals surface area contributed by atoms with Gasteiger partial charge in [-0.1, -0.05) is 18.2 Å². The smallest absolute Gasteiger partial charge is 0.227 e. The van der Waals surface area contributed by atoms with Gasteiger partial charge in [-0.15, -0.1) is 11.6 Å². The highest BCUT2D eigenvalue weighted by Crippen LogP contribution is 2.41. The summed E-state index contributed by atoms with van der Waals surface area (Å²) in [5, 5.41) is 0. The van der Waals surface area contributed by atoms with Gasteiger partial charge in [0.1, 0.15) is 0 Å². The molecule has 0 unspecified atom stereocenters. The fourth-order valence-electron chi connectivity index (χ4n) is 3.12. The van der Waals surface area contributed by atoms with Crippen molar-refractivity contribution in [2.45, 2.75) is 43.5 Å². The Balaban J connectivity index is 2.13. The number of para-hydroxylation sites is 1. The van der Waals surface area contributed by atoms with Crippen molar-refractivity contribution >= 4 is 23.2 Å². The predicted octanol–water partition coefficient (Wildman–Crippen LogP) is 3.13. The summed E-state index contributed by atoms with van der Waals surface area (Å²) >= 11 is 6.58. The minimum Gasteiger partial charge on any atom is -0.309 e. The van der Waals surface area contributed by atoms with E-state index in [0.29, 0.717) is 6.42 Å². The molecule has 2 aliphatic heterocycles. The van der Waals surface area contributed by atoms with E-state index in [-0.39, 0.29) is 16.8 Å². The first-order chi connectivity index (χ1) is 8.07. The van der Waals surface area contributed by atoms with Gasteiger partial charge in [0.25, 0.3) is 0 Å². The Kier molecular flexibility index (Phi) is 2.44. The van der Waals surface area contributed by atoms with Crippen molar-refractivity contribution < 1.29 is 4.79 Å². The average Bonchev–Trinajstić information content (AvgIpc) is 2.55. The SMILES string of the molecule is C[C@]1(Cl)Cc2ccccc2N2C(=O)CC[C@@H]2C1. The molecule has 1 fully saturated rings. The Labute approximate surface area is 107 Å². The first kappa shape index (κ1) is 11.1. The third kappa shape index (κ3) is 1.85. The number of carbonyl (C=O) groups is 1. The minimum atomic E-state index is -0.236. The van der Waals surface area contributed by atoms with Crippen LogP contribution in [0.15, 0.2) is 24.3 Å². The average molecular weight is 250 g/mol. The summed E-state index contributed by atoms with van der Waals surface area (Å²) < 4.78 is 0. The lowest BCUT2D eigenvalue weighted by atomic mass is 9.94. The van der Waals surface area contributed by atoms with E-state index in [2.05, 4.69) is 13.0 Å². The van der Waals surface area contributed by atoms with Gasteiger partial charge in [0.2, 0.25) is 5.91 Å². The molecule has 0 aromatic heterocycles. The second-order valence-electron chi connectivity index (χ2n) is 5.38. The molecule has 3 heteroatoms. The van der Waals surface area contributed by atoms with Gasteiger partial charge in [-0.05, 0) is 37.8 Å². The molecule has 2 nitrogen and oxygen atoms in total. The Hall–Kier alpha value is -1.02. The second-order valence-corrected chi connectivity index (χ2v) is 6.29. The molecule has 2 heterocycles. The van der Waals surface area contributed by atoms with Crippen LogP contribution in [0.4, 0.5) is 5.69 Å². The first-order valence-corrected chi connectivity index (χ1v) is 6.53. The van der Waals surface area contributed by atoms with Crippen molar-refractivity contribution in [3.8, 4) is 0 Å². The number of hydrogen-bond donors (Lipinski definition) is 0. The summed E-state index contributed by atoms with van der Waals surface area (Å²) in [6, 6.07) is 8.44. The number of fused-ring (bicyclic) bond motifs is 3. The number of carbonyl (C=O) groups excluding carboxylic acids is 1. The fourth-order valence-corrected chi connectivity index (χ4v) is 3.45. The van der Waals surface area contributed by atoms with Crippen LogP contribution in [0.25, 0.3) is 0 Å². The van der Waals surface area contributed by atoms with Crippen molar-refractivity contribution in [1.82, 2.24) is 0 Å². The summed E-state index contributed by atoms with van der Waals surface area (Å²) in [6.45, 7) is 2.08. The first-order valence-electron chi connectivity index (χ1n) is 6.16. The number of benzene rings is 1. The molecule has 2 atom stereocenters. The normalized spacial score (nSPS) is 32.0. The Bertz CT molecular complexity index is 469. The van der Waals surface area contributed by atoms with E-state index in [4.69, 9.17) is 11.6 Å². The Morgan fingerprint density at radius 1 is 1.41 bits per heavy atom. The van der Waals surface area contributed by atoms with E-state index < -0.39 is 0 Å². The summed E-state index contributed by atoms with van der Waals surface area (Å²) in [5.74, 6) is 0.247. The molecule has 0 spiro atoms. The van der Waals surface area contributed by atoms with Crippen LogP contribution >= 0.6 is 11.6 Å². The topological polar surface area (TPSA) is 20.3 Å². The Morgan fingerprint density at radius 2 is 2.18 bits per heavy atom. The van der Waals surface area contributed by atoms with Gasteiger partial charge in [-0.3, -0.25) is 4.79 Å². The van der Waals surface area contributed by atoms with Crippen molar-refractivity contribution in [2.75, 3.05) is 4.90 Å². The van der Waals surface area contributed by atoms with Crippen LogP contribution in [0.3, 0.4) is 0 Å². The summed E-state index contributed by atoms with van der Waals surface area (Å²) in [7, 11) is 0. The molecule has 2 aliphatic rings. The quantitative estimate of drug-likeness (QED) is 0.647. The number of alkyl halides is 1. The lowest BCUT2D eigenvalue weighted by Gasteiger charge is -2.26. The lowest BCUT2D eigenvalue weighted by Crippen LogP contribution is -2.35. The van der Waals surface area contributed by atoms with Crippen LogP contribution in [0.5, 0.6) is 0 Å². The molecular weight excluding hydrogens is 234 g/mol. The van der Waals surface area contributed by atoms with E-state index in [0.717, 1.165) is 24.9 Å². The van der Waals surface area contributed by atoms with E-state index in [1.54, 1.807) is 0 Å². The minimum absolute atomic E-state index is 0.236. The molecule has 0 radical (unpaired) electrons. The highest BCUT2D eigenvalue weighted by molar-refractivity contribution is 6.24. The maximum atomic E-state index is 12.0. The van der Waals surface area contributed by atoms with Gasteiger partial charge in [-0.2, -0.15) is 0 Å². The third-order valence-corrected chi connectivity index (χ3v) is 4.08. The molecule has 3 rings (SSSR count). The summed E-state index contributed by atoms with van der Waals surface area (Å²) in [6.07, 6.45) is 3.32. The molecular formula is C14H16ClNO. The van der Waals surface area contributed by atoms with Crippen molar-refractivity contribution in [3.05, 3.63) is 29.8 Å². The highest BCUT2D eigenvalue weighted by atomic mass is 35.5. The fraction of sp³-hybridized carbons (Fsp3) is 0.500. The van der Waals surface area contributed by atoms with Crippen molar-refractivity contribution in [3.63, 3.8) is 0 Å². The highest BCUT2D eigenvalue weighted by Gasteiger charge is 2.40. The van der Waals surface area contributed by atoms with Crippen LogP contribution in [0.1, 0.15) is 31.7 Å². The van der Waals surface area contributed by atoms with Crippen molar-refractivity contribution in [1.29, 1.82) is 0 Å². The lowest BCUT2D eigenvalue weighted by molar-refractivity contribution is -0.117. The van der Waals surface area contributed by atoms with E-state index >= 15 is 0 Å². The van der Waals surface area contributed by atoms with E-state index in [1.165, 1.54) is 5.56 Å². The molecule has 90 valence electrons. The predicted molar refractivity (Wildman–Crippen MR) is 69.5 cm³/mol. The molecule has 1 aromatic rings. The van der Waals surface area contributed by atoms with Crippen LogP contribution in [0, 0.1) is 0 Å². The van der Waals surface area contributed by atoms with Crippen LogP contribution < -0.4 is 4.90 Å². The number of hydrogen-bond acceptors (Lipinski definition) is 1. The van der Waals surface area contributed by atoms with Gasteiger partial charge in [0.05, 0.1) is 0 Å². The van der Waals surface area contributed by atoms with Gasteiger partial charge < -0.3 is 4.90 Å². The number of anilines is 1. The summed E-state index contributed by atoms with van der Waals surface area (Å²) in [5.41, 5.74) is 2.27. The zero-order valence-electron chi connectivity index (χ0n) is 9.95. The zero-order chi connectivity index (χ0) is 12.0. The standard InChI is InChI=1S/C14H16ClNO/c1-14(15)8-10-4-2-3-5-12(10)16-11(9-14)6-7-13(16)17/h2-5,11H,6-9H2,1H3/t11-,14+/m1/s1. The molecule has 17 heavy (non-hydrogen) atoms. The van der Waals surface area contributed by atoms with Crippen molar-refractivity contribution in [2.24, 2.45) is 0 Å².